The van der Waals surface area contributed by atoms with Crippen molar-refractivity contribution in [3.05, 3.63) is 82.2 Å². The highest BCUT2D eigenvalue weighted by atomic mass is 35.5. The Bertz CT molecular complexity index is 1440. The fourth-order valence-electron chi connectivity index (χ4n) is 6.45. The summed E-state index contributed by atoms with van der Waals surface area (Å²) in [6.07, 6.45) is 3.54. The molecular formula is C31H34Cl2N4O5. The zero-order chi connectivity index (χ0) is 29.3. The lowest BCUT2D eigenvalue weighted by molar-refractivity contribution is -0.125. The van der Waals surface area contributed by atoms with Crippen LogP contribution < -0.4 is 15.0 Å². The molecule has 4 heterocycles. The van der Waals surface area contributed by atoms with Crippen LogP contribution in [0.4, 0.5) is 5.69 Å². The predicted molar refractivity (Wildman–Crippen MR) is 160 cm³/mol. The van der Waals surface area contributed by atoms with Gasteiger partial charge in [-0.3, -0.25) is 9.59 Å². The largest absolute Gasteiger partial charge is 0.497 e. The zero-order valence-corrected chi connectivity index (χ0v) is 25.0. The summed E-state index contributed by atoms with van der Waals surface area (Å²) >= 11 is 12.6. The molecular weight excluding hydrogens is 579 g/mol. The minimum absolute atomic E-state index is 0.0760. The van der Waals surface area contributed by atoms with Crippen molar-refractivity contribution in [1.82, 2.24) is 15.1 Å². The van der Waals surface area contributed by atoms with E-state index in [1.165, 1.54) is 6.26 Å². The topological polar surface area (TPSA) is 87.5 Å². The molecule has 6 rings (SSSR count). The smallest absolute Gasteiger partial charge is 0.289 e. The van der Waals surface area contributed by atoms with Crippen LogP contribution in [-0.4, -0.2) is 80.3 Å². The maximum atomic E-state index is 13.1. The van der Waals surface area contributed by atoms with Gasteiger partial charge in [0.25, 0.3) is 5.91 Å². The van der Waals surface area contributed by atoms with E-state index in [0.29, 0.717) is 68.0 Å². The number of nitrogens with one attached hydrogen (secondary N) is 1. The Morgan fingerprint density at radius 1 is 1.02 bits per heavy atom. The predicted octanol–water partition coefficient (Wildman–Crippen LogP) is 4.78. The number of ether oxygens (including phenoxy) is 2. The van der Waals surface area contributed by atoms with Gasteiger partial charge in [0.2, 0.25) is 5.91 Å². The number of anilines is 1. The van der Waals surface area contributed by atoms with Crippen molar-refractivity contribution in [3.63, 3.8) is 0 Å². The molecule has 3 aliphatic heterocycles. The van der Waals surface area contributed by atoms with Crippen molar-refractivity contribution in [2.45, 2.75) is 30.4 Å². The average Bonchev–Trinajstić information content (AvgIpc) is 3.76. The van der Waals surface area contributed by atoms with Crippen LogP contribution in [0.3, 0.4) is 0 Å². The number of amides is 2. The third-order valence-corrected chi connectivity index (χ3v) is 9.61. The molecule has 3 aromatic rings. The van der Waals surface area contributed by atoms with Crippen LogP contribution in [-0.2, 0) is 15.1 Å². The highest BCUT2D eigenvalue weighted by molar-refractivity contribution is 6.42. The van der Waals surface area contributed by atoms with Crippen LogP contribution in [0.25, 0.3) is 0 Å². The number of benzene rings is 2. The maximum Gasteiger partial charge on any atom is 0.289 e. The SMILES string of the molecule is COc1cccc(N2CNC(=O)C23CCN(CCOC2(c4ccc(Cl)c(Cl)c4)CCN(C(=O)c4ccco4)C2)CC3)c1. The van der Waals surface area contributed by atoms with E-state index in [9.17, 15) is 9.59 Å². The van der Waals surface area contributed by atoms with Gasteiger partial charge in [-0.15, -0.1) is 0 Å². The first-order chi connectivity index (χ1) is 20.3. The second kappa shape index (κ2) is 11.8. The summed E-state index contributed by atoms with van der Waals surface area (Å²) in [4.78, 5) is 32.5. The van der Waals surface area contributed by atoms with E-state index >= 15 is 0 Å². The van der Waals surface area contributed by atoms with E-state index in [1.807, 2.05) is 36.4 Å². The fourth-order valence-corrected chi connectivity index (χ4v) is 6.75. The van der Waals surface area contributed by atoms with E-state index in [0.717, 1.165) is 30.1 Å². The number of halogens is 2. The fraction of sp³-hybridized carbons (Fsp3) is 0.419. The second-order valence-corrected chi connectivity index (χ2v) is 11.9. The molecule has 222 valence electrons. The summed E-state index contributed by atoms with van der Waals surface area (Å²) in [7, 11) is 1.65. The summed E-state index contributed by atoms with van der Waals surface area (Å²) in [5.74, 6) is 0.985. The Balaban J connectivity index is 1.12. The molecule has 0 bridgehead atoms. The minimum Gasteiger partial charge on any atom is -0.497 e. The van der Waals surface area contributed by atoms with E-state index < -0.39 is 11.1 Å². The van der Waals surface area contributed by atoms with E-state index in [4.69, 9.17) is 37.1 Å². The standard InChI is InChI=1S/C31H34Cl2N4O5/c1-40-24-5-2-4-23(19-24)37-21-34-29(39)30(37)9-12-35(13-10-30)15-17-42-31(22-7-8-25(32)26(33)18-22)11-14-36(20-31)28(38)27-6-3-16-41-27/h2-8,16,18-19H,9-15,17,20-21H2,1H3,(H,34,39). The number of likely N-dealkylation sites (tertiary alicyclic amines) is 2. The highest BCUT2D eigenvalue weighted by Crippen LogP contribution is 2.40. The van der Waals surface area contributed by atoms with Gasteiger partial charge < -0.3 is 33.9 Å². The molecule has 3 aliphatic rings. The molecule has 1 atom stereocenters. The number of rotatable bonds is 8. The molecule has 3 fully saturated rings. The van der Waals surface area contributed by atoms with Gasteiger partial charge >= 0.3 is 0 Å². The molecule has 1 N–H and O–H groups in total. The van der Waals surface area contributed by atoms with Crippen molar-refractivity contribution < 1.29 is 23.5 Å². The second-order valence-electron chi connectivity index (χ2n) is 11.1. The van der Waals surface area contributed by atoms with Crippen molar-refractivity contribution in [1.29, 1.82) is 0 Å². The van der Waals surface area contributed by atoms with Gasteiger partial charge in [0.05, 0.1) is 43.2 Å². The summed E-state index contributed by atoms with van der Waals surface area (Å²) in [6.45, 7) is 4.08. The molecule has 1 aromatic heterocycles. The van der Waals surface area contributed by atoms with Crippen molar-refractivity contribution >= 4 is 40.7 Å². The Morgan fingerprint density at radius 3 is 2.60 bits per heavy atom. The van der Waals surface area contributed by atoms with E-state index in [2.05, 4.69) is 15.1 Å². The lowest BCUT2D eigenvalue weighted by atomic mass is 9.85. The molecule has 2 amide bonds. The number of hydrogen-bond donors (Lipinski definition) is 1. The van der Waals surface area contributed by atoms with Gasteiger partial charge in [-0.2, -0.15) is 0 Å². The number of methoxy groups -OCH3 is 1. The normalized spacial score (nSPS) is 22.1. The molecule has 1 unspecified atom stereocenters. The van der Waals surface area contributed by atoms with Crippen LogP contribution >= 0.6 is 23.2 Å². The van der Waals surface area contributed by atoms with E-state index in [1.54, 1.807) is 30.2 Å². The van der Waals surface area contributed by atoms with Gasteiger partial charge in [-0.25, -0.2) is 0 Å². The number of carbonyl (C=O) groups is 2. The van der Waals surface area contributed by atoms with Crippen LogP contribution in [0.1, 0.15) is 35.4 Å². The average molecular weight is 614 g/mol. The molecule has 1 spiro atoms. The van der Waals surface area contributed by atoms with Crippen molar-refractivity contribution in [3.8, 4) is 5.75 Å². The Morgan fingerprint density at radius 2 is 1.86 bits per heavy atom. The Labute approximate surface area is 255 Å². The third-order valence-electron chi connectivity index (χ3n) is 8.87. The summed E-state index contributed by atoms with van der Waals surface area (Å²) in [5.41, 5.74) is 0.564. The summed E-state index contributed by atoms with van der Waals surface area (Å²) < 4.78 is 17.4. The molecule has 0 saturated carbocycles. The number of carbonyl (C=O) groups excluding carboxylic acids is 2. The van der Waals surface area contributed by atoms with Gasteiger partial charge in [0.15, 0.2) is 5.76 Å². The molecule has 0 radical (unpaired) electrons. The molecule has 2 aromatic carbocycles. The van der Waals surface area contributed by atoms with Crippen LogP contribution in [0.5, 0.6) is 5.75 Å². The Hall–Kier alpha value is -3.24. The van der Waals surface area contributed by atoms with Gasteiger partial charge in [0, 0.05) is 37.9 Å². The van der Waals surface area contributed by atoms with Crippen LogP contribution in [0, 0.1) is 0 Å². The van der Waals surface area contributed by atoms with Crippen molar-refractivity contribution in [2.24, 2.45) is 0 Å². The number of nitrogens with zero attached hydrogens (tertiary/aromatic N) is 3. The summed E-state index contributed by atoms with van der Waals surface area (Å²) in [6, 6.07) is 16.8. The number of piperidine rings is 1. The summed E-state index contributed by atoms with van der Waals surface area (Å²) in [5, 5.41) is 3.98. The quantitative estimate of drug-likeness (QED) is 0.392. The molecule has 3 saturated heterocycles. The minimum atomic E-state index is -0.720. The molecule has 9 nitrogen and oxygen atoms in total. The number of hydrogen-bond acceptors (Lipinski definition) is 7. The first kappa shape index (κ1) is 28.9. The van der Waals surface area contributed by atoms with Gasteiger partial charge in [0.1, 0.15) is 16.9 Å². The van der Waals surface area contributed by atoms with Crippen LogP contribution in [0.2, 0.25) is 10.0 Å². The molecule has 42 heavy (non-hydrogen) atoms. The third kappa shape index (κ3) is 5.35. The molecule has 11 heteroatoms. The lowest BCUT2D eigenvalue weighted by Gasteiger charge is -2.43. The highest BCUT2D eigenvalue weighted by Gasteiger charge is 2.50. The van der Waals surface area contributed by atoms with Crippen molar-refractivity contribution in [2.75, 3.05) is 58.0 Å². The van der Waals surface area contributed by atoms with Crippen LogP contribution in [0.15, 0.2) is 65.3 Å². The number of furan rings is 1. The monoisotopic (exact) mass is 612 g/mol. The van der Waals surface area contributed by atoms with Gasteiger partial charge in [-0.05, 0) is 61.2 Å². The molecule has 0 aliphatic carbocycles. The van der Waals surface area contributed by atoms with Gasteiger partial charge in [-0.1, -0.05) is 35.3 Å². The Kier molecular flexibility index (Phi) is 8.11. The maximum absolute atomic E-state index is 13.1. The van der Waals surface area contributed by atoms with E-state index in [-0.39, 0.29) is 11.8 Å². The lowest BCUT2D eigenvalue weighted by Crippen LogP contribution is -2.56. The first-order valence-corrected chi connectivity index (χ1v) is 14.9. The zero-order valence-electron chi connectivity index (χ0n) is 23.5. The first-order valence-electron chi connectivity index (χ1n) is 14.2.